The number of hydrogen-bond acceptors (Lipinski definition) is 2. The normalized spacial score (nSPS) is 11.7. The average molecular weight is 320 g/mol. The van der Waals surface area contributed by atoms with Crippen LogP contribution in [0.15, 0.2) is 48.5 Å². The number of nitrogens with zero attached hydrogens (tertiary/aromatic N) is 2. The summed E-state index contributed by atoms with van der Waals surface area (Å²) in [7, 11) is 0. The molecule has 0 radical (unpaired) electrons. The molecule has 0 fully saturated rings. The van der Waals surface area contributed by atoms with Gasteiger partial charge >= 0.3 is 0 Å². The number of aryl methyl sites for hydroxylation is 2. The topological polar surface area (TPSA) is 38.0 Å². The highest BCUT2D eigenvalue weighted by Crippen LogP contribution is 2.40. The van der Waals surface area contributed by atoms with Gasteiger partial charge in [0.05, 0.1) is 11.4 Å². The zero-order chi connectivity index (χ0) is 17.5. The fourth-order valence-corrected chi connectivity index (χ4v) is 3.03. The molecule has 24 heavy (non-hydrogen) atoms. The first kappa shape index (κ1) is 16.3. The summed E-state index contributed by atoms with van der Waals surface area (Å²) >= 11 is 0. The van der Waals surface area contributed by atoms with Crippen LogP contribution in [-0.2, 0) is 5.41 Å². The van der Waals surface area contributed by atoms with Crippen molar-refractivity contribution in [1.82, 2.24) is 9.78 Å². The van der Waals surface area contributed by atoms with E-state index in [1.54, 1.807) is 0 Å². The summed E-state index contributed by atoms with van der Waals surface area (Å²) in [5.41, 5.74) is 6.00. The van der Waals surface area contributed by atoms with E-state index in [4.69, 9.17) is 0 Å². The van der Waals surface area contributed by atoms with Crippen molar-refractivity contribution in [3.8, 4) is 22.8 Å². The Labute approximate surface area is 143 Å². The molecule has 0 unspecified atom stereocenters. The van der Waals surface area contributed by atoms with Gasteiger partial charge in [0.25, 0.3) is 0 Å². The maximum atomic E-state index is 10.6. The molecule has 0 aliphatic carbocycles. The predicted molar refractivity (Wildman–Crippen MR) is 98.8 cm³/mol. The molecule has 0 saturated heterocycles. The van der Waals surface area contributed by atoms with Gasteiger partial charge in [-0.05, 0) is 37.5 Å². The number of hydrogen-bond donors (Lipinski definition) is 1. The first-order chi connectivity index (χ1) is 11.3. The van der Waals surface area contributed by atoms with Crippen molar-refractivity contribution in [3.63, 3.8) is 0 Å². The van der Waals surface area contributed by atoms with Crippen molar-refractivity contribution in [2.75, 3.05) is 0 Å². The van der Waals surface area contributed by atoms with Crippen LogP contribution >= 0.6 is 0 Å². The van der Waals surface area contributed by atoms with Crippen LogP contribution in [0, 0.1) is 13.8 Å². The zero-order valence-corrected chi connectivity index (χ0v) is 15.0. The number of benzene rings is 2. The SMILES string of the molecule is Cc1ccc(-n2nc(O)c(C(C)(C)C)c2-c2cccc(C)c2)cc1. The second-order valence-corrected chi connectivity index (χ2v) is 7.41. The number of aromatic hydroxyl groups is 1. The van der Waals surface area contributed by atoms with E-state index in [0.717, 1.165) is 22.5 Å². The lowest BCUT2D eigenvalue weighted by Crippen LogP contribution is -2.13. The summed E-state index contributed by atoms with van der Waals surface area (Å²) in [6.45, 7) is 10.4. The molecule has 1 aromatic heterocycles. The molecule has 2 aromatic carbocycles. The molecule has 0 aliphatic heterocycles. The first-order valence-electron chi connectivity index (χ1n) is 8.24. The largest absolute Gasteiger partial charge is 0.492 e. The fraction of sp³-hybridized carbons (Fsp3) is 0.286. The van der Waals surface area contributed by atoms with Crippen LogP contribution in [0.3, 0.4) is 0 Å². The van der Waals surface area contributed by atoms with Gasteiger partial charge in [0.15, 0.2) is 0 Å². The van der Waals surface area contributed by atoms with Crippen molar-refractivity contribution in [2.24, 2.45) is 0 Å². The Balaban J connectivity index is 2.32. The van der Waals surface area contributed by atoms with Crippen LogP contribution < -0.4 is 0 Å². The Morgan fingerprint density at radius 3 is 2.17 bits per heavy atom. The molecule has 1 N–H and O–H groups in total. The third kappa shape index (κ3) is 2.94. The molecule has 0 bridgehead atoms. The van der Waals surface area contributed by atoms with Gasteiger partial charge in [-0.2, -0.15) is 0 Å². The van der Waals surface area contributed by atoms with Crippen molar-refractivity contribution in [2.45, 2.75) is 40.0 Å². The van der Waals surface area contributed by atoms with E-state index in [1.807, 2.05) is 22.9 Å². The highest BCUT2D eigenvalue weighted by Gasteiger charge is 2.29. The molecule has 0 aliphatic rings. The molecular weight excluding hydrogens is 296 g/mol. The van der Waals surface area contributed by atoms with Crippen LogP contribution in [0.1, 0.15) is 37.5 Å². The Bertz CT molecular complexity index is 868. The molecule has 0 amide bonds. The maximum Gasteiger partial charge on any atom is 0.235 e. The first-order valence-corrected chi connectivity index (χ1v) is 8.24. The summed E-state index contributed by atoms with van der Waals surface area (Å²) in [6, 6.07) is 16.5. The lowest BCUT2D eigenvalue weighted by atomic mass is 9.85. The fourth-order valence-electron chi connectivity index (χ4n) is 3.03. The van der Waals surface area contributed by atoms with E-state index in [1.165, 1.54) is 11.1 Å². The van der Waals surface area contributed by atoms with Crippen molar-refractivity contribution in [3.05, 3.63) is 65.2 Å². The highest BCUT2D eigenvalue weighted by molar-refractivity contribution is 5.70. The molecule has 0 spiro atoms. The summed E-state index contributed by atoms with van der Waals surface area (Å²) in [5, 5.41) is 15.0. The Morgan fingerprint density at radius 2 is 1.58 bits per heavy atom. The third-order valence-corrected chi connectivity index (χ3v) is 4.19. The van der Waals surface area contributed by atoms with E-state index >= 15 is 0 Å². The second-order valence-electron chi connectivity index (χ2n) is 7.41. The molecule has 3 rings (SSSR count). The van der Waals surface area contributed by atoms with Gasteiger partial charge < -0.3 is 5.11 Å². The quantitative estimate of drug-likeness (QED) is 0.708. The maximum absolute atomic E-state index is 10.6. The van der Waals surface area contributed by atoms with Crippen LogP contribution in [0.5, 0.6) is 5.88 Å². The molecule has 0 saturated carbocycles. The summed E-state index contributed by atoms with van der Waals surface area (Å²) in [4.78, 5) is 0. The minimum atomic E-state index is -0.216. The molecule has 0 atom stereocenters. The minimum Gasteiger partial charge on any atom is -0.492 e. The average Bonchev–Trinajstić information content (AvgIpc) is 2.85. The standard InChI is InChI=1S/C21H24N2O/c1-14-9-11-17(12-10-14)23-19(16-8-6-7-15(2)13-16)18(20(24)22-23)21(3,4)5/h6-13H,1-5H3,(H,22,24). The Morgan fingerprint density at radius 1 is 0.917 bits per heavy atom. The molecule has 3 heteroatoms. The van der Waals surface area contributed by atoms with Crippen LogP contribution in [0.25, 0.3) is 16.9 Å². The zero-order valence-electron chi connectivity index (χ0n) is 15.0. The van der Waals surface area contributed by atoms with E-state index in [2.05, 4.69) is 70.0 Å². The Kier molecular flexibility index (Phi) is 3.96. The number of rotatable bonds is 2. The van der Waals surface area contributed by atoms with E-state index < -0.39 is 0 Å². The van der Waals surface area contributed by atoms with Gasteiger partial charge in [-0.15, -0.1) is 5.10 Å². The van der Waals surface area contributed by atoms with Crippen molar-refractivity contribution >= 4 is 0 Å². The molecule has 3 aromatic rings. The van der Waals surface area contributed by atoms with Crippen LogP contribution in [0.2, 0.25) is 0 Å². The highest BCUT2D eigenvalue weighted by atomic mass is 16.3. The van der Waals surface area contributed by atoms with Crippen LogP contribution in [0.4, 0.5) is 0 Å². The molecular formula is C21H24N2O. The Hall–Kier alpha value is -2.55. The van der Waals surface area contributed by atoms with E-state index in [0.29, 0.717) is 0 Å². The summed E-state index contributed by atoms with van der Waals surface area (Å²) in [5.74, 6) is 0.0968. The summed E-state index contributed by atoms with van der Waals surface area (Å²) in [6.07, 6.45) is 0. The van der Waals surface area contributed by atoms with Crippen molar-refractivity contribution in [1.29, 1.82) is 0 Å². The van der Waals surface area contributed by atoms with Gasteiger partial charge in [-0.3, -0.25) is 0 Å². The number of aromatic nitrogens is 2. The monoisotopic (exact) mass is 320 g/mol. The molecule has 1 heterocycles. The summed E-state index contributed by atoms with van der Waals surface area (Å²) < 4.78 is 1.85. The van der Waals surface area contributed by atoms with Crippen LogP contribution in [-0.4, -0.2) is 14.9 Å². The van der Waals surface area contributed by atoms with E-state index in [9.17, 15) is 5.11 Å². The van der Waals surface area contributed by atoms with Crippen molar-refractivity contribution < 1.29 is 5.11 Å². The lowest BCUT2D eigenvalue weighted by molar-refractivity contribution is 0.427. The van der Waals surface area contributed by atoms with E-state index in [-0.39, 0.29) is 11.3 Å². The smallest absolute Gasteiger partial charge is 0.235 e. The van der Waals surface area contributed by atoms with Gasteiger partial charge in [0.2, 0.25) is 5.88 Å². The third-order valence-electron chi connectivity index (χ3n) is 4.19. The van der Waals surface area contributed by atoms with Gasteiger partial charge in [-0.25, -0.2) is 4.68 Å². The van der Waals surface area contributed by atoms with Gasteiger partial charge in [0.1, 0.15) is 0 Å². The molecule has 3 nitrogen and oxygen atoms in total. The van der Waals surface area contributed by atoms with Gasteiger partial charge in [-0.1, -0.05) is 62.2 Å². The predicted octanol–water partition coefficient (Wildman–Crippen LogP) is 5.16. The molecule has 124 valence electrons. The second kappa shape index (κ2) is 5.82. The minimum absolute atomic E-state index is 0.0968. The lowest BCUT2D eigenvalue weighted by Gasteiger charge is -2.20. The van der Waals surface area contributed by atoms with Gasteiger partial charge in [0, 0.05) is 11.1 Å².